The Hall–Kier alpha value is -2.47. The summed E-state index contributed by atoms with van der Waals surface area (Å²) < 4.78 is 1.63. The lowest BCUT2D eigenvalue weighted by atomic mass is 10.0. The van der Waals surface area contributed by atoms with E-state index in [0.717, 1.165) is 36.9 Å². The summed E-state index contributed by atoms with van der Waals surface area (Å²) in [7, 11) is 0. The summed E-state index contributed by atoms with van der Waals surface area (Å²) in [5, 5.41) is 2.77. The summed E-state index contributed by atoms with van der Waals surface area (Å²) >= 11 is 1.56. The van der Waals surface area contributed by atoms with Gasteiger partial charge in [0.15, 0.2) is 4.96 Å². The minimum atomic E-state index is -0.415. The second kappa shape index (κ2) is 5.87. The van der Waals surface area contributed by atoms with Gasteiger partial charge in [-0.05, 0) is 44.7 Å². The van der Waals surface area contributed by atoms with Crippen LogP contribution in [0.1, 0.15) is 39.3 Å². The van der Waals surface area contributed by atoms with Crippen molar-refractivity contribution in [3.8, 4) is 0 Å². The lowest BCUT2D eigenvalue weighted by molar-refractivity contribution is 0.102. The van der Waals surface area contributed by atoms with Crippen molar-refractivity contribution in [2.45, 2.75) is 32.6 Å². The quantitative estimate of drug-likeness (QED) is 0.780. The van der Waals surface area contributed by atoms with Crippen molar-refractivity contribution in [2.75, 3.05) is 5.32 Å². The molecular formula is C18H17N3O2S. The van der Waals surface area contributed by atoms with Gasteiger partial charge in [-0.15, -0.1) is 11.3 Å². The zero-order chi connectivity index (χ0) is 16.7. The first-order valence-electron chi connectivity index (χ1n) is 8.04. The summed E-state index contributed by atoms with van der Waals surface area (Å²) in [5.74, 6) is -0.415. The minimum absolute atomic E-state index is 0.0826. The Labute approximate surface area is 143 Å². The fourth-order valence-corrected chi connectivity index (χ4v) is 4.23. The van der Waals surface area contributed by atoms with Gasteiger partial charge in [-0.1, -0.05) is 17.7 Å². The summed E-state index contributed by atoms with van der Waals surface area (Å²) in [6.45, 7) is 1.98. The molecule has 1 N–H and O–H groups in total. The molecule has 1 aliphatic carbocycles. The molecule has 2 heterocycles. The SMILES string of the molecule is Cc1ccc(NC(=O)c2cnc3sc4c(n3c2=O)CCCC4)cc1. The van der Waals surface area contributed by atoms with Crippen molar-refractivity contribution in [2.24, 2.45) is 0 Å². The Bertz CT molecular complexity index is 986. The molecule has 0 unspecified atom stereocenters. The number of thiazole rings is 1. The van der Waals surface area contributed by atoms with E-state index in [4.69, 9.17) is 0 Å². The number of fused-ring (bicyclic) bond motifs is 3. The van der Waals surface area contributed by atoms with Gasteiger partial charge in [-0.2, -0.15) is 0 Å². The van der Waals surface area contributed by atoms with Crippen molar-refractivity contribution in [3.63, 3.8) is 0 Å². The second-order valence-electron chi connectivity index (χ2n) is 6.09. The predicted molar refractivity (Wildman–Crippen MR) is 95.1 cm³/mol. The third-order valence-corrected chi connectivity index (χ3v) is 5.51. The molecule has 0 aliphatic heterocycles. The molecule has 0 saturated heterocycles. The van der Waals surface area contributed by atoms with Gasteiger partial charge < -0.3 is 5.32 Å². The van der Waals surface area contributed by atoms with E-state index >= 15 is 0 Å². The molecule has 0 atom stereocenters. The van der Waals surface area contributed by atoms with Crippen LogP contribution < -0.4 is 10.9 Å². The van der Waals surface area contributed by atoms with Gasteiger partial charge in [0.2, 0.25) is 0 Å². The molecule has 0 bridgehead atoms. The molecule has 1 amide bonds. The van der Waals surface area contributed by atoms with Gasteiger partial charge in [-0.25, -0.2) is 4.98 Å². The predicted octanol–water partition coefficient (Wildman–Crippen LogP) is 3.20. The lowest BCUT2D eigenvalue weighted by Gasteiger charge is -2.10. The number of carbonyl (C=O) groups is 1. The molecule has 6 heteroatoms. The number of hydrogen-bond acceptors (Lipinski definition) is 4. The Morgan fingerprint density at radius 1 is 1.21 bits per heavy atom. The highest BCUT2D eigenvalue weighted by atomic mass is 32.1. The fraction of sp³-hybridized carbons (Fsp3) is 0.278. The van der Waals surface area contributed by atoms with E-state index in [9.17, 15) is 9.59 Å². The number of carbonyl (C=O) groups excluding carboxylic acids is 1. The maximum Gasteiger partial charge on any atom is 0.271 e. The number of anilines is 1. The van der Waals surface area contributed by atoms with Gasteiger partial charge >= 0.3 is 0 Å². The first kappa shape index (κ1) is 15.1. The lowest BCUT2D eigenvalue weighted by Crippen LogP contribution is -2.27. The Kier molecular flexibility index (Phi) is 3.69. The van der Waals surface area contributed by atoms with Gasteiger partial charge in [0.25, 0.3) is 11.5 Å². The minimum Gasteiger partial charge on any atom is -0.322 e. The largest absolute Gasteiger partial charge is 0.322 e. The van der Waals surface area contributed by atoms with E-state index < -0.39 is 5.91 Å². The molecule has 1 aromatic carbocycles. The van der Waals surface area contributed by atoms with Crippen LogP contribution in [-0.4, -0.2) is 15.3 Å². The normalized spacial score (nSPS) is 13.7. The highest BCUT2D eigenvalue weighted by Gasteiger charge is 2.21. The highest BCUT2D eigenvalue weighted by Crippen LogP contribution is 2.28. The van der Waals surface area contributed by atoms with E-state index in [1.54, 1.807) is 15.7 Å². The molecule has 122 valence electrons. The molecule has 0 radical (unpaired) electrons. The van der Waals surface area contributed by atoms with Crippen LogP contribution in [-0.2, 0) is 12.8 Å². The Balaban J connectivity index is 1.74. The molecule has 24 heavy (non-hydrogen) atoms. The maximum atomic E-state index is 12.8. The number of benzene rings is 1. The van der Waals surface area contributed by atoms with E-state index in [1.807, 2.05) is 31.2 Å². The molecule has 0 spiro atoms. The first-order chi connectivity index (χ1) is 11.6. The van der Waals surface area contributed by atoms with Gasteiger partial charge in [0.05, 0.1) is 0 Å². The Morgan fingerprint density at radius 3 is 2.75 bits per heavy atom. The average molecular weight is 339 g/mol. The highest BCUT2D eigenvalue weighted by molar-refractivity contribution is 7.17. The molecule has 3 aromatic rings. The second-order valence-corrected chi connectivity index (χ2v) is 7.16. The summed E-state index contributed by atoms with van der Waals surface area (Å²) in [5.41, 5.74) is 2.62. The standard InChI is InChI=1S/C18H17N3O2S/c1-11-6-8-12(9-7-11)20-16(22)13-10-19-18-21(17(13)23)14-4-2-3-5-15(14)24-18/h6-10H,2-5H2,1H3,(H,20,22). The number of hydrogen-bond donors (Lipinski definition) is 1. The molecule has 0 fully saturated rings. The van der Waals surface area contributed by atoms with Crippen molar-refractivity contribution in [1.29, 1.82) is 0 Å². The number of nitrogens with zero attached hydrogens (tertiary/aromatic N) is 2. The van der Waals surface area contributed by atoms with Crippen LogP contribution in [0.3, 0.4) is 0 Å². The summed E-state index contributed by atoms with van der Waals surface area (Å²) in [6, 6.07) is 7.48. The average Bonchev–Trinajstić information content (AvgIpc) is 2.96. The maximum absolute atomic E-state index is 12.8. The van der Waals surface area contributed by atoms with Gasteiger partial charge in [0, 0.05) is 22.5 Å². The van der Waals surface area contributed by atoms with E-state index in [1.165, 1.54) is 11.1 Å². The van der Waals surface area contributed by atoms with Crippen LogP contribution in [0, 0.1) is 6.92 Å². The number of aryl methyl sites for hydroxylation is 3. The van der Waals surface area contributed by atoms with Crippen molar-refractivity contribution in [1.82, 2.24) is 9.38 Å². The van der Waals surface area contributed by atoms with Gasteiger partial charge in [0.1, 0.15) is 5.56 Å². The number of amides is 1. The first-order valence-corrected chi connectivity index (χ1v) is 8.85. The molecule has 2 aromatic heterocycles. The molecule has 5 nitrogen and oxygen atoms in total. The fourth-order valence-electron chi connectivity index (χ4n) is 3.06. The smallest absolute Gasteiger partial charge is 0.271 e. The van der Waals surface area contributed by atoms with E-state index in [-0.39, 0.29) is 11.1 Å². The van der Waals surface area contributed by atoms with Gasteiger partial charge in [-0.3, -0.25) is 14.0 Å². The topological polar surface area (TPSA) is 63.5 Å². The molecule has 0 saturated carbocycles. The Morgan fingerprint density at radius 2 is 1.96 bits per heavy atom. The summed E-state index contributed by atoms with van der Waals surface area (Å²) in [4.78, 5) is 31.6. The molecular weight excluding hydrogens is 322 g/mol. The molecule has 1 aliphatic rings. The third-order valence-electron chi connectivity index (χ3n) is 4.36. The van der Waals surface area contributed by atoms with E-state index in [0.29, 0.717) is 10.6 Å². The van der Waals surface area contributed by atoms with Crippen molar-refractivity contribution >= 4 is 27.9 Å². The zero-order valence-corrected chi connectivity index (χ0v) is 14.2. The van der Waals surface area contributed by atoms with E-state index in [2.05, 4.69) is 10.3 Å². The third kappa shape index (κ3) is 2.53. The van der Waals surface area contributed by atoms with Crippen LogP contribution in [0.15, 0.2) is 35.3 Å². The number of aromatic nitrogens is 2. The number of nitrogens with one attached hydrogen (secondary N) is 1. The van der Waals surface area contributed by atoms with Crippen LogP contribution in [0.2, 0.25) is 0 Å². The monoisotopic (exact) mass is 339 g/mol. The van der Waals surface area contributed by atoms with Crippen molar-refractivity contribution < 1.29 is 4.79 Å². The zero-order valence-electron chi connectivity index (χ0n) is 13.3. The molecule has 4 rings (SSSR count). The van der Waals surface area contributed by atoms with Crippen molar-refractivity contribution in [3.05, 3.63) is 62.5 Å². The van der Waals surface area contributed by atoms with Crippen LogP contribution in [0.25, 0.3) is 4.96 Å². The van der Waals surface area contributed by atoms with Crippen LogP contribution in [0.4, 0.5) is 5.69 Å². The van der Waals surface area contributed by atoms with Crippen LogP contribution >= 0.6 is 11.3 Å². The van der Waals surface area contributed by atoms with Crippen LogP contribution in [0.5, 0.6) is 0 Å². The number of rotatable bonds is 2. The summed E-state index contributed by atoms with van der Waals surface area (Å²) in [6.07, 6.45) is 5.48.